The van der Waals surface area contributed by atoms with Crippen LogP contribution in [0, 0.1) is 0 Å². The molecule has 0 aliphatic heterocycles. The number of alkyl halides is 6. The third-order valence-electron chi connectivity index (χ3n) is 1.91. The summed E-state index contributed by atoms with van der Waals surface area (Å²) in [5, 5.41) is 9.05. The summed E-state index contributed by atoms with van der Waals surface area (Å²) in [5.41, 5.74) is 0. The molecule has 2 nitrogen and oxygen atoms in total. The van der Waals surface area contributed by atoms with Gasteiger partial charge in [0.2, 0.25) is 6.10 Å². The average molecular weight is 254 g/mol. The lowest BCUT2D eigenvalue weighted by atomic mass is 10.2. The molecule has 0 heterocycles. The van der Waals surface area contributed by atoms with Gasteiger partial charge in [0.05, 0.1) is 12.2 Å². The molecule has 1 N–H and O–H groups in total. The van der Waals surface area contributed by atoms with Gasteiger partial charge in [0, 0.05) is 0 Å². The van der Waals surface area contributed by atoms with Crippen LogP contribution in [-0.2, 0) is 4.74 Å². The van der Waals surface area contributed by atoms with Crippen molar-refractivity contribution in [3.63, 3.8) is 0 Å². The smallest absolute Gasteiger partial charge is 0.390 e. The van der Waals surface area contributed by atoms with Crippen molar-refractivity contribution >= 4 is 0 Å². The van der Waals surface area contributed by atoms with Gasteiger partial charge in [0.15, 0.2) is 0 Å². The molecule has 98 valence electrons. The topological polar surface area (TPSA) is 29.5 Å². The van der Waals surface area contributed by atoms with Crippen LogP contribution in [0.3, 0.4) is 0 Å². The minimum absolute atomic E-state index is 0.00357. The highest BCUT2D eigenvalue weighted by atomic mass is 19.4. The molecular weight excluding hydrogens is 242 g/mol. The Labute approximate surface area is 88.2 Å². The normalized spacial score (nSPS) is 17.6. The lowest BCUT2D eigenvalue weighted by molar-refractivity contribution is -0.334. The second kappa shape index (κ2) is 5.22. The van der Waals surface area contributed by atoms with Crippen LogP contribution < -0.4 is 0 Å². The van der Waals surface area contributed by atoms with Gasteiger partial charge in [-0.3, -0.25) is 0 Å². The number of hydrogen-bond donors (Lipinski definition) is 1. The molecule has 0 spiro atoms. The molecule has 0 saturated heterocycles. The van der Waals surface area contributed by atoms with E-state index in [1.54, 1.807) is 0 Å². The van der Waals surface area contributed by atoms with Gasteiger partial charge in [0.1, 0.15) is 0 Å². The summed E-state index contributed by atoms with van der Waals surface area (Å²) < 4.78 is 75.9. The molecule has 0 saturated carbocycles. The zero-order valence-electron chi connectivity index (χ0n) is 8.56. The minimum atomic E-state index is -5.54. The van der Waals surface area contributed by atoms with E-state index in [9.17, 15) is 26.3 Å². The van der Waals surface area contributed by atoms with Crippen molar-refractivity contribution in [1.29, 1.82) is 0 Å². The van der Waals surface area contributed by atoms with Gasteiger partial charge in [-0.2, -0.15) is 26.3 Å². The molecule has 8 heteroatoms. The van der Waals surface area contributed by atoms with Gasteiger partial charge >= 0.3 is 12.4 Å². The maximum Gasteiger partial charge on any atom is 0.423 e. The number of hydrogen-bond acceptors (Lipinski definition) is 2. The van der Waals surface area contributed by atoms with Crippen LogP contribution in [0.5, 0.6) is 0 Å². The number of ether oxygens (including phenoxy) is 1. The molecule has 0 aromatic heterocycles. The van der Waals surface area contributed by atoms with Crippen LogP contribution in [0.25, 0.3) is 0 Å². The van der Waals surface area contributed by atoms with E-state index >= 15 is 0 Å². The maximum atomic E-state index is 12.0. The molecule has 0 bridgehead atoms. The maximum absolute atomic E-state index is 12.0. The Morgan fingerprint density at radius 1 is 1.06 bits per heavy atom. The molecule has 0 aromatic rings. The first-order valence-electron chi connectivity index (χ1n) is 4.47. The Morgan fingerprint density at radius 2 is 1.44 bits per heavy atom. The van der Waals surface area contributed by atoms with Crippen LogP contribution in [0.15, 0.2) is 0 Å². The molecular formula is C8H12F6O2. The number of rotatable bonds is 4. The van der Waals surface area contributed by atoms with Gasteiger partial charge in [-0.15, -0.1) is 0 Å². The van der Waals surface area contributed by atoms with Crippen molar-refractivity contribution in [2.24, 2.45) is 0 Å². The fourth-order valence-electron chi connectivity index (χ4n) is 0.977. The fraction of sp³-hybridized carbons (Fsp3) is 1.00. The Hall–Kier alpha value is -0.500. The van der Waals surface area contributed by atoms with E-state index in [1.807, 2.05) is 0 Å². The van der Waals surface area contributed by atoms with Crippen LogP contribution >= 0.6 is 0 Å². The van der Waals surface area contributed by atoms with Gasteiger partial charge in [0.25, 0.3) is 0 Å². The highest BCUT2D eigenvalue weighted by molar-refractivity contribution is 4.78. The van der Waals surface area contributed by atoms with Crippen molar-refractivity contribution < 1.29 is 36.2 Å². The van der Waals surface area contributed by atoms with E-state index in [4.69, 9.17) is 5.11 Å². The predicted octanol–water partition coefficient (Wildman–Crippen LogP) is 2.66. The third-order valence-corrected chi connectivity index (χ3v) is 1.91. The highest BCUT2D eigenvalue weighted by Gasteiger charge is 2.58. The average Bonchev–Trinajstić information content (AvgIpc) is 2.08. The Balaban J connectivity index is 4.71. The van der Waals surface area contributed by atoms with E-state index in [0.717, 1.165) is 6.92 Å². The standard InChI is InChI=1S/C8H12F6O2/c1-3-5(15)4(2)16-6(7(9,10)11)8(12,13)14/h4-6,15H,3H2,1-2H3. The van der Waals surface area contributed by atoms with E-state index in [-0.39, 0.29) is 6.42 Å². The minimum Gasteiger partial charge on any atom is -0.390 e. The first kappa shape index (κ1) is 15.5. The Kier molecular flexibility index (Phi) is 5.06. The van der Waals surface area contributed by atoms with Crippen molar-refractivity contribution in [3.8, 4) is 0 Å². The number of aliphatic hydroxyl groups is 1. The van der Waals surface area contributed by atoms with Crippen LogP contribution in [0.2, 0.25) is 0 Å². The van der Waals surface area contributed by atoms with E-state index in [0.29, 0.717) is 0 Å². The summed E-state index contributed by atoms with van der Waals surface area (Å²) in [6.45, 7) is 2.37. The fourth-order valence-corrected chi connectivity index (χ4v) is 0.977. The molecule has 0 aliphatic rings. The summed E-state index contributed by atoms with van der Waals surface area (Å²) in [6.07, 6.45) is -17.9. The van der Waals surface area contributed by atoms with E-state index < -0.39 is 30.7 Å². The monoisotopic (exact) mass is 254 g/mol. The van der Waals surface area contributed by atoms with E-state index in [1.165, 1.54) is 6.92 Å². The van der Waals surface area contributed by atoms with Crippen molar-refractivity contribution in [2.75, 3.05) is 0 Å². The first-order chi connectivity index (χ1) is 7.00. The molecule has 0 fully saturated rings. The van der Waals surface area contributed by atoms with Gasteiger partial charge in [-0.1, -0.05) is 6.92 Å². The molecule has 0 amide bonds. The summed E-state index contributed by atoms with van der Waals surface area (Å²) in [4.78, 5) is 0. The highest BCUT2D eigenvalue weighted by Crippen LogP contribution is 2.36. The Morgan fingerprint density at radius 3 is 1.69 bits per heavy atom. The van der Waals surface area contributed by atoms with Crippen LogP contribution in [0.1, 0.15) is 20.3 Å². The zero-order chi connectivity index (χ0) is 13.1. The number of halogens is 6. The SMILES string of the molecule is CCC(O)C(C)OC(C(F)(F)F)C(F)(F)F. The van der Waals surface area contributed by atoms with Crippen LogP contribution in [-0.4, -0.2) is 35.8 Å². The molecule has 0 aromatic carbocycles. The van der Waals surface area contributed by atoms with Gasteiger partial charge in [-0.05, 0) is 13.3 Å². The zero-order valence-corrected chi connectivity index (χ0v) is 8.56. The second-order valence-electron chi connectivity index (χ2n) is 3.28. The molecule has 0 rings (SSSR count). The summed E-state index contributed by atoms with van der Waals surface area (Å²) >= 11 is 0. The third kappa shape index (κ3) is 4.56. The molecule has 16 heavy (non-hydrogen) atoms. The van der Waals surface area contributed by atoms with Crippen molar-refractivity contribution in [3.05, 3.63) is 0 Å². The second-order valence-corrected chi connectivity index (χ2v) is 3.28. The molecule has 0 radical (unpaired) electrons. The summed E-state index contributed by atoms with van der Waals surface area (Å²) in [6, 6.07) is 0. The lowest BCUT2D eigenvalue weighted by Crippen LogP contribution is -2.47. The molecule has 0 aliphatic carbocycles. The van der Waals surface area contributed by atoms with Crippen molar-refractivity contribution in [2.45, 2.75) is 50.9 Å². The van der Waals surface area contributed by atoms with E-state index in [2.05, 4.69) is 4.74 Å². The quantitative estimate of drug-likeness (QED) is 0.781. The van der Waals surface area contributed by atoms with Crippen molar-refractivity contribution in [1.82, 2.24) is 0 Å². The Bertz CT molecular complexity index is 198. The van der Waals surface area contributed by atoms with Gasteiger partial charge < -0.3 is 9.84 Å². The first-order valence-corrected chi connectivity index (χ1v) is 4.47. The molecule has 2 unspecified atom stereocenters. The summed E-state index contributed by atoms with van der Waals surface area (Å²) in [7, 11) is 0. The van der Waals surface area contributed by atoms with Crippen LogP contribution in [0.4, 0.5) is 26.3 Å². The lowest BCUT2D eigenvalue weighted by Gasteiger charge is -2.28. The van der Waals surface area contributed by atoms with Gasteiger partial charge in [-0.25, -0.2) is 0 Å². The predicted molar refractivity (Wildman–Crippen MR) is 42.7 cm³/mol. The summed E-state index contributed by atoms with van der Waals surface area (Å²) in [5.74, 6) is 0. The molecule has 2 atom stereocenters. The number of aliphatic hydroxyl groups excluding tert-OH is 1. The largest absolute Gasteiger partial charge is 0.423 e.